The van der Waals surface area contributed by atoms with Crippen LogP contribution >= 0.6 is 11.8 Å². The lowest BCUT2D eigenvalue weighted by Gasteiger charge is -2.29. The number of carboxylic acids is 1. The lowest BCUT2D eigenvalue weighted by Crippen LogP contribution is -2.39. The fourth-order valence-electron chi connectivity index (χ4n) is 3.05. The summed E-state index contributed by atoms with van der Waals surface area (Å²) >= 11 is 2.02. The van der Waals surface area contributed by atoms with Gasteiger partial charge in [0.05, 0.1) is 5.92 Å². The molecule has 1 saturated carbocycles. The summed E-state index contributed by atoms with van der Waals surface area (Å²) in [7, 11) is 0. The Hall–Kier alpha value is -0.220. The Balaban J connectivity index is 1.78. The molecule has 3 nitrogen and oxygen atoms in total. The minimum Gasteiger partial charge on any atom is -0.481 e. The molecule has 4 heteroatoms. The molecule has 2 fully saturated rings. The van der Waals surface area contributed by atoms with Crippen LogP contribution in [0, 0.1) is 11.8 Å². The second kappa shape index (κ2) is 6.10. The van der Waals surface area contributed by atoms with Crippen LogP contribution in [0.25, 0.3) is 0 Å². The van der Waals surface area contributed by atoms with Crippen molar-refractivity contribution in [2.45, 2.75) is 50.3 Å². The highest BCUT2D eigenvalue weighted by molar-refractivity contribution is 8.00. The van der Waals surface area contributed by atoms with Gasteiger partial charge in [0.2, 0.25) is 0 Å². The van der Waals surface area contributed by atoms with Crippen LogP contribution in [0.5, 0.6) is 0 Å². The van der Waals surface area contributed by atoms with Crippen molar-refractivity contribution in [2.75, 3.05) is 12.3 Å². The highest BCUT2D eigenvalue weighted by atomic mass is 32.2. The number of hydrogen-bond acceptors (Lipinski definition) is 3. The number of aliphatic carboxylic acids is 1. The maximum atomic E-state index is 11.2. The van der Waals surface area contributed by atoms with Gasteiger partial charge in [-0.15, -0.1) is 0 Å². The van der Waals surface area contributed by atoms with Crippen molar-refractivity contribution in [3.63, 3.8) is 0 Å². The van der Waals surface area contributed by atoms with Crippen molar-refractivity contribution in [1.82, 2.24) is 5.32 Å². The summed E-state index contributed by atoms with van der Waals surface area (Å²) in [5, 5.41) is 13.6. The zero-order chi connectivity index (χ0) is 12.3. The molecule has 2 aliphatic rings. The van der Waals surface area contributed by atoms with Gasteiger partial charge in [0.15, 0.2) is 0 Å². The minimum absolute atomic E-state index is 0.109. The Morgan fingerprint density at radius 2 is 2.18 bits per heavy atom. The SMILES string of the molecule is CC1CC(NCC2CCCCC2C(=O)O)CS1. The lowest BCUT2D eigenvalue weighted by molar-refractivity contribution is -0.144. The zero-order valence-electron chi connectivity index (χ0n) is 10.5. The van der Waals surface area contributed by atoms with Crippen LogP contribution in [0.2, 0.25) is 0 Å². The predicted molar refractivity (Wildman–Crippen MR) is 71.4 cm³/mol. The normalized spacial score (nSPS) is 38.2. The maximum Gasteiger partial charge on any atom is 0.306 e. The summed E-state index contributed by atoms with van der Waals surface area (Å²) in [6.45, 7) is 3.17. The third kappa shape index (κ3) is 3.62. The van der Waals surface area contributed by atoms with Gasteiger partial charge in [-0.25, -0.2) is 0 Å². The Morgan fingerprint density at radius 3 is 2.82 bits per heavy atom. The first-order valence-corrected chi connectivity index (χ1v) is 7.79. The number of hydrogen-bond donors (Lipinski definition) is 2. The molecule has 1 aliphatic heterocycles. The van der Waals surface area contributed by atoms with Crippen molar-refractivity contribution >= 4 is 17.7 Å². The molecule has 2 rings (SSSR count). The van der Waals surface area contributed by atoms with E-state index in [0.717, 1.165) is 31.1 Å². The molecule has 1 heterocycles. The fraction of sp³-hybridized carbons (Fsp3) is 0.923. The second-order valence-corrected chi connectivity index (χ2v) is 6.95. The van der Waals surface area contributed by atoms with E-state index in [4.69, 9.17) is 0 Å². The van der Waals surface area contributed by atoms with Crippen molar-refractivity contribution in [3.05, 3.63) is 0 Å². The van der Waals surface area contributed by atoms with Gasteiger partial charge in [-0.05, 0) is 31.7 Å². The van der Waals surface area contributed by atoms with E-state index in [1.807, 2.05) is 11.8 Å². The van der Waals surface area contributed by atoms with Crippen LogP contribution in [-0.2, 0) is 4.79 Å². The van der Waals surface area contributed by atoms with E-state index >= 15 is 0 Å². The molecule has 4 unspecified atom stereocenters. The molecule has 0 amide bonds. The average Bonchev–Trinajstić information content (AvgIpc) is 2.73. The van der Waals surface area contributed by atoms with E-state index in [-0.39, 0.29) is 5.92 Å². The molecular weight excluding hydrogens is 234 g/mol. The van der Waals surface area contributed by atoms with E-state index < -0.39 is 5.97 Å². The smallest absolute Gasteiger partial charge is 0.306 e. The molecule has 4 atom stereocenters. The van der Waals surface area contributed by atoms with Crippen LogP contribution in [0.15, 0.2) is 0 Å². The molecular formula is C13H23NO2S. The van der Waals surface area contributed by atoms with Gasteiger partial charge >= 0.3 is 5.97 Å². The molecule has 0 aromatic rings. The number of carboxylic acid groups (broad SMARTS) is 1. The first-order valence-electron chi connectivity index (χ1n) is 6.74. The monoisotopic (exact) mass is 257 g/mol. The minimum atomic E-state index is -0.592. The van der Waals surface area contributed by atoms with Gasteiger partial charge < -0.3 is 10.4 Å². The maximum absolute atomic E-state index is 11.2. The molecule has 17 heavy (non-hydrogen) atoms. The quantitative estimate of drug-likeness (QED) is 0.812. The number of rotatable bonds is 4. The standard InChI is InChI=1S/C13H23NO2S/c1-9-6-11(8-17-9)14-7-10-4-2-3-5-12(10)13(15)16/h9-12,14H,2-8H2,1H3,(H,15,16). The Morgan fingerprint density at radius 1 is 1.41 bits per heavy atom. The summed E-state index contributed by atoms with van der Waals surface area (Å²) in [4.78, 5) is 11.2. The van der Waals surface area contributed by atoms with Crippen molar-refractivity contribution < 1.29 is 9.90 Å². The Labute approximate surface area is 108 Å². The molecule has 0 spiro atoms. The first kappa shape index (κ1) is 13.2. The van der Waals surface area contributed by atoms with Gasteiger partial charge in [0.25, 0.3) is 0 Å². The predicted octanol–water partition coefficient (Wildman–Crippen LogP) is 2.36. The van der Waals surface area contributed by atoms with Crippen LogP contribution in [0.1, 0.15) is 39.0 Å². The van der Waals surface area contributed by atoms with Crippen molar-refractivity contribution in [1.29, 1.82) is 0 Å². The second-order valence-electron chi connectivity index (χ2n) is 5.47. The third-order valence-electron chi connectivity index (χ3n) is 4.09. The van der Waals surface area contributed by atoms with E-state index in [1.54, 1.807) is 0 Å². The van der Waals surface area contributed by atoms with Crippen LogP contribution in [0.3, 0.4) is 0 Å². The molecule has 1 aliphatic carbocycles. The molecule has 1 saturated heterocycles. The zero-order valence-corrected chi connectivity index (χ0v) is 11.3. The van der Waals surface area contributed by atoms with E-state index in [9.17, 15) is 9.90 Å². The number of carbonyl (C=O) groups is 1. The molecule has 0 aromatic heterocycles. The molecule has 98 valence electrons. The number of nitrogens with one attached hydrogen (secondary N) is 1. The van der Waals surface area contributed by atoms with Crippen LogP contribution in [-0.4, -0.2) is 34.7 Å². The highest BCUT2D eigenvalue weighted by Crippen LogP contribution is 2.31. The summed E-state index contributed by atoms with van der Waals surface area (Å²) in [6.07, 6.45) is 5.47. The average molecular weight is 257 g/mol. The van der Waals surface area contributed by atoms with Crippen molar-refractivity contribution in [3.8, 4) is 0 Å². The lowest BCUT2D eigenvalue weighted by atomic mass is 9.79. The molecule has 2 N–H and O–H groups in total. The third-order valence-corrected chi connectivity index (χ3v) is 5.45. The largest absolute Gasteiger partial charge is 0.481 e. The molecule has 0 bridgehead atoms. The van der Waals surface area contributed by atoms with Crippen LogP contribution < -0.4 is 5.32 Å². The van der Waals surface area contributed by atoms with Crippen LogP contribution in [0.4, 0.5) is 0 Å². The fourth-order valence-corrected chi connectivity index (χ4v) is 4.24. The summed E-state index contributed by atoms with van der Waals surface area (Å²) in [5.41, 5.74) is 0. The molecule has 0 aromatic carbocycles. The van der Waals surface area contributed by atoms with E-state index in [0.29, 0.717) is 12.0 Å². The summed E-state index contributed by atoms with van der Waals surface area (Å²) in [6, 6.07) is 0.603. The van der Waals surface area contributed by atoms with E-state index in [1.165, 1.54) is 18.6 Å². The first-order chi connectivity index (χ1) is 8.16. The topological polar surface area (TPSA) is 49.3 Å². The van der Waals surface area contributed by atoms with Gasteiger partial charge in [-0.3, -0.25) is 4.79 Å². The molecule has 0 radical (unpaired) electrons. The Bertz CT molecular complexity index is 272. The van der Waals surface area contributed by atoms with Gasteiger partial charge in [-0.2, -0.15) is 11.8 Å². The van der Waals surface area contributed by atoms with Crippen molar-refractivity contribution in [2.24, 2.45) is 11.8 Å². The van der Waals surface area contributed by atoms with E-state index in [2.05, 4.69) is 12.2 Å². The number of thioether (sulfide) groups is 1. The van der Waals surface area contributed by atoms with Gasteiger partial charge in [-0.1, -0.05) is 19.8 Å². The Kier molecular flexibility index (Phi) is 4.74. The summed E-state index contributed by atoms with van der Waals surface area (Å²) in [5.74, 6) is 0.835. The highest BCUT2D eigenvalue weighted by Gasteiger charge is 2.31. The van der Waals surface area contributed by atoms with Gasteiger partial charge in [0, 0.05) is 17.0 Å². The van der Waals surface area contributed by atoms with Gasteiger partial charge in [0.1, 0.15) is 0 Å². The summed E-state index contributed by atoms with van der Waals surface area (Å²) < 4.78 is 0.